The Balaban J connectivity index is 2.80. The quantitative estimate of drug-likeness (QED) is 0.752. The zero-order valence-electron chi connectivity index (χ0n) is 11.0. The molecule has 0 aromatic heterocycles. The molecule has 0 amide bonds. The van der Waals surface area contributed by atoms with Crippen LogP contribution in [0, 0.1) is 0 Å². The summed E-state index contributed by atoms with van der Waals surface area (Å²) in [6, 6.07) is 3.62. The fourth-order valence-corrected chi connectivity index (χ4v) is 2.91. The highest BCUT2D eigenvalue weighted by atomic mass is 16.3. The lowest BCUT2D eigenvalue weighted by molar-refractivity contribution is 0.111. The van der Waals surface area contributed by atoms with Crippen LogP contribution in [0.25, 0.3) is 0 Å². The number of hydrogen-bond donors (Lipinski definition) is 1. The zero-order chi connectivity index (χ0) is 12.8. The fourth-order valence-electron chi connectivity index (χ4n) is 2.91. The summed E-state index contributed by atoms with van der Waals surface area (Å²) in [5.74, 6) is 0.101. The molecule has 1 aromatic carbocycles. The van der Waals surface area contributed by atoms with Gasteiger partial charge in [-0.1, -0.05) is 33.8 Å². The van der Waals surface area contributed by atoms with Crippen LogP contribution in [0.1, 0.15) is 62.0 Å². The molecule has 17 heavy (non-hydrogen) atoms. The van der Waals surface area contributed by atoms with E-state index in [1.165, 1.54) is 5.56 Å². The summed E-state index contributed by atoms with van der Waals surface area (Å²) >= 11 is 0. The number of rotatable bonds is 1. The number of carbonyl (C=O) groups is 1. The Labute approximate surface area is 103 Å². The van der Waals surface area contributed by atoms with Gasteiger partial charge in [0.15, 0.2) is 6.29 Å². The molecular formula is C15H20O2. The normalized spacial score (nSPS) is 20.7. The maximum atomic E-state index is 11.2. The second kappa shape index (κ2) is 3.59. The Bertz CT molecular complexity index is 470. The van der Waals surface area contributed by atoms with E-state index in [0.29, 0.717) is 5.56 Å². The Morgan fingerprint density at radius 3 is 2.29 bits per heavy atom. The number of carbonyl (C=O) groups excluding carboxylic acids is 1. The summed E-state index contributed by atoms with van der Waals surface area (Å²) in [4.78, 5) is 11.2. The number of benzene rings is 1. The van der Waals surface area contributed by atoms with Gasteiger partial charge in [0.1, 0.15) is 5.75 Å². The fraction of sp³-hybridized carbons (Fsp3) is 0.533. The first-order valence-corrected chi connectivity index (χ1v) is 6.12. The lowest BCUT2D eigenvalue weighted by atomic mass is 9.62. The molecule has 2 heteroatoms. The second-order valence-electron chi connectivity index (χ2n) is 6.31. The van der Waals surface area contributed by atoms with E-state index < -0.39 is 0 Å². The molecule has 2 rings (SSSR count). The summed E-state index contributed by atoms with van der Waals surface area (Å²) in [5, 5.41) is 9.84. The first-order valence-electron chi connectivity index (χ1n) is 6.12. The summed E-state index contributed by atoms with van der Waals surface area (Å²) < 4.78 is 0. The van der Waals surface area contributed by atoms with Crippen molar-refractivity contribution < 1.29 is 9.90 Å². The number of aldehydes is 1. The van der Waals surface area contributed by atoms with Gasteiger partial charge in [-0.2, -0.15) is 0 Å². The van der Waals surface area contributed by atoms with Crippen LogP contribution in [0.3, 0.4) is 0 Å². The van der Waals surface area contributed by atoms with E-state index in [4.69, 9.17) is 0 Å². The van der Waals surface area contributed by atoms with Gasteiger partial charge in [0.2, 0.25) is 0 Å². The average molecular weight is 232 g/mol. The predicted molar refractivity (Wildman–Crippen MR) is 68.8 cm³/mol. The van der Waals surface area contributed by atoms with Gasteiger partial charge in [-0.25, -0.2) is 0 Å². The molecule has 1 N–H and O–H groups in total. The summed E-state index contributed by atoms with van der Waals surface area (Å²) in [6.07, 6.45) is 2.94. The molecule has 1 aromatic rings. The molecule has 0 saturated heterocycles. The Kier molecular flexibility index (Phi) is 2.57. The number of aromatic hydroxyl groups is 1. The van der Waals surface area contributed by atoms with Crippen molar-refractivity contribution in [3.8, 4) is 5.75 Å². The maximum Gasteiger partial charge on any atom is 0.154 e. The predicted octanol–water partition coefficient (Wildman–Crippen LogP) is 3.55. The van der Waals surface area contributed by atoms with Crippen molar-refractivity contribution in [3.05, 3.63) is 28.8 Å². The average Bonchev–Trinajstić information content (AvgIpc) is 2.24. The van der Waals surface area contributed by atoms with Crippen molar-refractivity contribution in [1.82, 2.24) is 0 Å². The van der Waals surface area contributed by atoms with Crippen molar-refractivity contribution in [2.45, 2.75) is 51.4 Å². The smallest absolute Gasteiger partial charge is 0.154 e. The third-order valence-corrected chi connectivity index (χ3v) is 4.12. The van der Waals surface area contributed by atoms with Gasteiger partial charge in [0, 0.05) is 0 Å². The lowest BCUT2D eigenvalue weighted by Crippen LogP contribution is -2.34. The van der Waals surface area contributed by atoms with E-state index in [1.807, 2.05) is 6.07 Å². The minimum absolute atomic E-state index is 0.0418. The highest BCUT2D eigenvalue weighted by Gasteiger charge is 2.39. The third kappa shape index (κ3) is 1.76. The van der Waals surface area contributed by atoms with Gasteiger partial charge < -0.3 is 5.11 Å². The monoisotopic (exact) mass is 232 g/mol. The van der Waals surface area contributed by atoms with E-state index >= 15 is 0 Å². The van der Waals surface area contributed by atoms with Crippen LogP contribution >= 0.6 is 0 Å². The molecule has 0 atom stereocenters. The molecule has 0 saturated carbocycles. The highest BCUT2D eigenvalue weighted by Crippen LogP contribution is 2.48. The number of hydrogen-bond acceptors (Lipinski definition) is 2. The van der Waals surface area contributed by atoms with Gasteiger partial charge in [-0.05, 0) is 40.9 Å². The van der Waals surface area contributed by atoms with E-state index in [9.17, 15) is 9.90 Å². The highest BCUT2D eigenvalue weighted by molar-refractivity contribution is 5.83. The van der Waals surface area contributed by atoms with E-state index in [2.05, 4.69) is 27.7 Å². The minimum atomic E-state index is -0.0418. The molecular weight excluding hydrogens is 212 g/mol. The molecule has 2 nitrogen and oxygen atoms in total. The van der Waals surface area contributed by atoms with Gasteiger partial charge in [0.25, 0.3) is 0 Å². The summed E-state index contributed by atoms with van der Waals surface area (Å²) in [7, 11) is 0. The number of fused-ring (bicyclic) bond motifs is 1. The summed E-state index contributed by atoms with van der Waals surface area (Å²) in [6.45, 7) is 8.69. The summed E-state index contributed by atoms with van der Waals surface area (Å²) in [5.41, 5.74) is 2.74. The van der Waals surface area contributed by atoms with E-state index in [-0.39, 0.29) is 16.6 Å². The van der Waals surface area contributed by atoms with Crippen LogP contribution in [-0.4, -0.2) is 11.4 Å². The number of phenolic OH excluding ortho intramolecular Hbond substituents is 1. The van der Waals surface area contributed by atoms with Crippen LogP contribution < -0.4 is 0 Å². The van der Waals surface area contributed by atoms with Crippen LogP contribution in [0.15, 0.2) is 12.1 Å². The van der Waals surface area contributed by atoms with Crippen molar-refractivity contribution in [2.24, 2.45) is 0 Å². The zero-order valence-corrected chi connectivity index (χ0v) is 11.0. The topological polar surface area (TPSA) is 37.3 Å². The van der Waals surface area contributed by atoms with Crippen molar-refractivity contribution in [2.75, 3.05) is 0 Å². The lowest BCUT2D eigenvalue weighted by Gasteiger charge is -2.42. The number of phenols is 1. The molecule has 1 aliphatic carbocycles. The Hall–Kier alpha value is -1.31. The molecule has 0 aliphatic heterocycles. The minimum Gasteiger partial charge on any atom is -0.507 e. The third-order valence-electron chi connectivity index (χ3n) is 4.12. The molecule has 92 valence electrons. The van der Waals surface area contributed by atoms with Gasteiger partial charge in [0.05, 0.1) is 5.56 Å². The maximum absolute atomic E-state index is 11.2. The van der Waals surface area contributed by atoms with Crippen LogP contribution in [0.2, 0.25) is 0 Å². The molecule has 0 heterocycles. The van der Waals surface area contributed by atoms with Crippen LogP contribution in [0.5, 0.6) is 5.75 Å². The second-order valence-corrected chi connectivity index (χ2v) is 6.31. The van der Waals surface area contributed by atoms with Crippen LogP contribution in [-0.2, 0) is 10.8 Å². The van der Waals surface area contributed by atoms with E-state index in [1.54, 1.807) is 6.07 Å². The van der Waals surface area contributed by atoms with E-state index in [0.717, 1.165) is 24.7 Å². The molecule has 0 unspecified atom stereocenters. The van der Waals surface area contributed by atoms with Crippen LogP contribution in [0.4, 0.5) is 0 Å². The molecule has 0 spiro atoms. The first kappa shape index (κ1) is 12.2. The largest absolute Gasteiger partial charge is 0.507 e. The molecule has 1 aliphatic rings. The standard InChI is InChI=1S/C15H20O2/c1-14(2)7-8-15(3,4)13-10(9-16)12(17)6-5-11(13)14/h5-6,9,17H,7-8H2,1-4H3. The van der Waals surface area contributed by atoms with Gasteiger partial charge >= 0.3 is 0 Å². The van der Waals surface area contributed by atoms with Crippen molar-refractivity contribution in [1.29, 1.82) is 0 Å². The molecule has 0 bridgehead atoms. The molecule has 0 fully saturated rings. The Morgan fingerprint density at radius 1 is 1.12 bits per heavy atom. The first-order chi connectivity index (χ1) is 7.79. The molecule has 0 radical (unpaired) electrons. The van der Waals surface area contributed by atoms with Gasteiger partial charge in [-0.3, -0.25) is 4.79 Å². The Morgan fingerprint density at radius 2 is 1.71 bits per heavy atom. The van der Waals surface area contributed by atoms with Crippen molar-refractivity contribution in [3.63, 3.8) is 0 Å². The van der Waals surface area contributed by atoms with Crippen molar-refractivity contribution >= 4 is 6.29 Å². The van der Waals surface area contributed by atoms with Gasteiger partial charge in [-0.15, -0.1) is 0 Å². The SMILES string of the molecule is CC1(C)CCC(C)(C)c2c1ccc(O)c2C=O.